The molecule has 234 valence electrons. The molecule has 0 amide bonds. The Balaban J connectivity index is 0.00000104. The van der Waals surface area contributed by atoms with Crippen LogP contribution in [0.4, 0.5) is 0 Å². The minimum atomic E-state index is 0. The summed E-state index contributed by atoms with van der Waals surface area (Å²) in [6.45, 7) is 18.6. The summed E-state index contributed by atoms with van der Waals surface area (Å²) in [4.78, 5) is 1.24. The molecule has 0 saturated carbocycles. The molecule has 2 aromatic carbocycles. The molecule has 41 heavy (non-hydrogen) atoms. The number of hydrogen-bond donors (Lipinski definition) is 0. The third kappa shape index (κ3) is 16.9. The average molecular weight is 712 g/mol. The van der Waals surface area contributed by atoms with E-state index in [9.17, 15) is 0 Å². The third-order valence-corrected chi connectivity index (χ3v) is 9.49. The third-order valence-electron chi connectivity index (χ3n) is 5.23. The molecule has 0 N–H and O–H groups in total. The number of ether oxygens (including phenoxy) is 2. The van der Waals surface area contributed by atoms with Gasteiger partial charge in [0.25, 0.3) is 0 Å². The Morgan fingerprint density at radius 1 is 0.585 bits per heavy atom. The van der Waals surface area contributed by atoms with Gasteiger partial charge < -0.3 is 60.0 Å². The standard InChI is InChI=1S/C24H32O2S2.C8H16S4.Ni/c1-17(2)13-15-25-21-11-7-5-9-19(21)23(27)24(28)20-10-6-8-12-22(20)26-16-14-18(3)4;1-5(2)11-7(9)8(10)12-6(3)4;/h5-12,17-18,27-28H,13-16H2,1-4H3;5-6,9-10H,1-4H3;/p-4/b24-23-;8-7-;. The van der Waals surface area contributed by atoms with E-state index in [2.05, 4.69) is 55.4 Å². The summed E-state index contributed by atoms with van der Waals surface area (Å²) in [7, 11) is 0. The van der Waals surface area contributed by atoms with Crippen LogP contribution in [0, 0.1) is 11.8 Å². The number of thioether (sulfide) groups is 2. The smallest absolute Gasteiger partial charge is 0.124 e. The Morgan fingerprint density at radius 2 is 0.902 bits per heavy atom. The molecule has 0 unspecified atom stereocenters. The predicted octanol–water partition coefficient (Wildman–Crippen LogP) is 9.94. The van der Waals surface area contributed by atoms with E-state index in [0.29, 0.717) is 45.4 Å². The summed E-state index contributed by atoms with van der Waals surface area (Å²) >= 11 is 25.2. The first kappa shape index (κ1) is 40.6. The fourth-order valence-electron chi connectivity index (χ4n) is 3.14. The zero-order chi connectivity index (χ0) is 30.2. The van der Waals surface area contributed by atoms with Gasteiger partial charge in [-0.3, -0.25) is 0 Å². The minimum absolute atomic E-state index is 0. The first-order chi connectivity index (χ1) is 18.8. The molecule has 2 nitrogen and oxygen atoms in total. The molecule has 2 aromatic rings. The first-order valence-electron chi connectivity index (χ1n) is 13.8. The topological polar surface area (TPSA) is 18.5 Å². The molecule has 0 saturated heterocycles. The van der Waals surface area contributed by atoms with E-state index in [1.165, 1.54) is 0 Å². The van der Waals surface area contributed by atoms with Gasteiger partial charge in [0.05, 0.1) is 13.2 Å². The Labute approximate surface area is 291 Å². The molecule has 9 heteroatoms. The second-order valence-electron chi connectivity index (χ2n) is 10.6. The van der Waals surface area contributed by atoms with Crippen molar-refractivity contribution >= 4 is 83.8 Å². The van der Waals surface area contributed by atoms with Crippen molar-refractivity contribution in [3.63, 3.8) is 0 Å². The van der Waals surface area contributed by atoms with Gasteiger partial charge in [0.2, 0.25) is 0 Å². The number of rotatable bonds is 14. The van der Waals surface area contributed by atoms with Crippen LogP contribution in [0.1, 0.15) is 79.4 Å². The van der Waals surface area contributed by atoms with Crippen molar-refractivity contribution in [3.8, 4) is 11.5 Å². The summed E-state index contributed by atoms with van der Waals surface area (Å²) < 4.78 is 13.7. The van der Waals surface area contributed by atoms with Crippen LogP contribution in [-0.2, 0) is 67.0 Å². The van der Waals surface area contributed by atoms with Crippen molar-refractivity contribution in [1.82, 2.24) is 0 Å². The van der Waals surface area contributed by atoms with Gasteiger partial charge in [-0.15, -0.1) is 0 Å². The van der Waals surface area contributed by atoms with Crippen LogP contribution in [-0.4, -0.2) is 23.7 Å². The van der Waals surface area contributed by atoms with Crippen molar-refractivity contribution in [2.45, 2.75) is 78.7 Å². The monoisotopic (exact) mass is 710 g/mol. The zero-order valence-electron chi connectivity index (χ0n) is 25.3. The number of para-hydroxylation sites is 2. The summed E-state index contributed by atoms with van der Waals surface area (Å²) in [5, 5.41) is 1.06. The SMILES string of the molecule is CC(C)CCOc1ccccc1/C([S-])=C(/[S-])c1ccccc1OCCC(C)C.CC(C)S/C([S-])=C(/[S-])SC(C)C.[Ni]. The maximum Gasteiger partial charge on any atom is 0.124 e. The number of benzene rings is 2. The molecule has 0 aliphatic rings. The van der Waals surface area contributed by atoms with Crippen molar-refractivity contribution < 1.29 is 26.0 Å². The summed E-state index contributed by atoms with van der Waals surface area (Å²) in [5.74, 6) is 2.76. The maximum absolute atomic E-state index is 6.00. The maximum atomic E-state index is 6.00. The van der Waals surface area contributed by atoms with Gasteiger partial charge in [-0.25, -0.2) is 0 Å². The fraction of sp³-hybridized carbons (Fsp3) is 0.500. The molecule has 2 rings (SSSR count). The van der Waals surface area contributed by atoms with E-state index in [1.807, 2.05) is 48.5 Å². The van der Waals surface area contributed by atoms with Gasteiger partial charge in [0, 0.05) is 27.0 Å². The van der Waals surface area contributed by atoms with Gasteiger partial charge in [-0.1, -0.05) is 91.8 Å². The van der Waals surface area contributed by atoms with Gasteiger partial charge in [-0.2, -0.15) is 41.8 Å². The quantitative estimate of drug-likeness (QED) is 0.108. The van der Waals surface area contributed by atoms with E-state index in [-0.39, 0.29) is 16.5 Å². The molecule has 0 atom stereocenters. The van der Waals surface area contributed by atoms with Crippen LogP contribution in [0.15, 0.2) is 57.0 Å². The molecular formula is C32H44NiO2S6-4. The van der Waals surface area contributed by atoms with E-state index in [0.717, 1.165) is 43.9 Å². The van der Waals surface area contributed by atoms with Crippen LogP contribution >= 0.6 is 23.5 Å². The van der Waals surface area contributed by atoms with Crippen LogP contribution in [0.2, 0.25) is 0 Å². The largest absolute Gasteiger partial charge is 0.780 e. The van der Waals surface area contributed by atoms with E-state index in [1.54, 1.807) is 23.5 Å². The molecule has 0 spiro atoms. The molecule has 0 aliphatic heterocycles. The molecular weight excluding hydrogens is 667 g/mol. The Kier molecular flexibility index (Phi) is 21.9. The number of hydrogen-bond acceptors (Lipinski definition) is 8. The fourth-order valence-corrected chi connectivity index (χ4v) is 6.48. The summed E-state index contributed by atoms with van der Waals surface area (Å²) in [5.41, 5.74) is 1.73. The van der Waals surface area contributed by atoms with Crippen LogP contribution < -0.4 is 9.47 Å². The molecule has 0 heterocycles. The van der Waals surface area contributed by atoms with Gasteiger partial charge >= 0.3 is 0 Å². The average Bonchev–Trinajstić information content (AvgIpc) is 2.87. The Hall–Kier alpha value is -0.406. The first-order valence-corrected chi connectivity index (χ1v) is 17.2. The molecule has 0 fully saturated rings. The van der Waals surface area contributed by atoms with E-state index >= 15 is 0 Å². The van der Waals surface area contributed by atoms with Crippen molar-refractivity contribution in [1.29, 1.82) is 0 Å². The molecule has 0 aliphatic carbocycles. The Morgan fingerprint density at radius 3 is 1.20 bits per heavy atom. The molecule has 0 aromatic heterocycles. The van der Waals surface area contributed by atoms with Crippen LogP contribution in [0.5, 0.6) is 11.5 Å². The summed E-state index contributed by atoms with van der Waals surface area (Å²) in [6.07, 6.45) is 2.00. The molecule has 0 bridgehead atoms. The van der Waals surface area contributed by atoms with Crippen molar-refractivity contribution in [2.75, 3.05) is 13.2 Å². The van der Waals surface area contributed by atoms with Gasteiger partial charge in [0.1, 0.15) is 11.5 Å². The van der Waals surface area contributed by atoms with E-state index in [4.69, 9.17) is 60.0 Å². The Bertz CT molecular complexity index is 1000. The van der Waals surface area contributed by atoms with Crippen molar-refractivity contribution in [2.24, 2.45) is 11.8 Å². The molecule has 0 radical (unpaired) electrons. The minimum Gasteiger partial charge on any atom is -0.780 e. The summed E-state index contributed by atoms with van der Waals surface area (Å²) in [6, 6.07) is 15.7. The van der Waals surface area contributed by atoms with Gasteiger partial charge in [0.15, 0.2) is 0 Å². The second-order valence-corrected chi connectivity index (χ2v) is 15.9. The van der Waals surface area contributed by atoms with E-state index < -0.39 is 0 Å². The normalized spacial score (nSPS) is 12.4. The predicted molar refractivity (Wildman–Crippen MR) is 192 cm³/mol. The van der Waals surface area contributed by atoms with Crippen LogP contribution in [0.3, 0.4) is 0 Å². The van der Waals surface area contributed by atoms with Gasteiger partial charge in [-0.05, 0) is 47.9 Å². The van der Waals surface area contributed by atoms with Crippen molar-refractivity contribution in [3.05, 3.63) is 68.1 Å². The second kappa shape index (κ2) is 22.2. The zero-order valence-corrected chi connectivity index (χ0v) is 31.2. The van der Waals surface area contributed by atoms with Crippen LogP contribution in [0.25, 0.3) is 9.81 Å².